The molecule has 1 aliphatic heterocycles. The van der Waals surface area contributed by atoms with Crippen LogP contribution in [0.15, 0.2) is 48.5 Å². The van der Waals surface area contributed by atoms with Crippen LogP contribution >= 0.6 is 23.2 Å². The number of benzene rings is 2. The number of fused-ring (bicyclic) bond motifs is 1. The van der Waals surface area contributed by atoms with Crippen LogP contribution < -0.4 is 0 Å². The van der Waals surface area contributed by atoms with E-state index in [2.05, 4.69) is 6.92 Å². The fourth-order valence-corrected chi connectivity index (χ4v) is 4.70. The molecular weight excluding hydrogens is 451 g/mol. The van der Waals surface area contributed by atoms with Crippen LogP contribution in [0, 0.1) is 17.8 Å². The molecule has 2 aromatic rings. The van der Waals surface area contributed by atoms with Crippen molar-refractivity contribution in [1.82, 2.24) is 10.0 Å². The molecule has 0 spiro atoms. The topological polar surface area (TPSA) is 74.8 Å². The van der Waals surface area contributed by atoms with E-state index < -0.39 is 41.9 Å². The van der Waals surface area contributed by atoms with Gasteiger partial charge in [-0.15, -0.1) is 0 Å². The number of nitrogens with zero attached hydrogens (tertiary/aromatic N) is 2. The van der Waals surface area contributed by atoms with Gasteiger partial charge >= 0.3 is 0 Å². The van der Waals surface area contributed by atoms with Crippen molar-refractivity contribution >= 4 is 46.7 Å². The predicted octanol–water partition coefficient (Wildman–Crippen LogP) is 4.65. The van der Waals surface area contributed by atoms with Gasteiger partial charge in [0.2, 0.25) is 0 Å². The highest BCUT2D eigenvalue weighted by atomic mass is 35.5. The van der Waals surface area contributed by atoms with E-state index in [1.165, 1.54) is 12.1 Å². The molecule has 1 saturated heterocycles. The summed E-state index contributed by atoms with van der Waals surface area (Å²) in [7, 11) is 0. The van der Waals surface area contributed by atoms with Crippen molar-refractivity contribution in [3.63, 3.8) is 0 Å². The Hall–Kier alpha value is -2.70. The lowest BCUT2D eigenvalue weighted by Crippen LogP contribution is -2.52. The molecule has 6 nitrogen and oxygen atoms in total. The van der Waals surface area contributed by atoms with Crippen molar-refractivity contribution in [2.45, 2.75) is 26.2 Å². The van der Waals surface area contributed by atoms with E-state index in [-0.39, 0.29) is 5.56 Å². The minimum absolute atomic E-state index is 0.224. The van der Waals surface area contributed by atoms with Crippen LogP contribution in [0.3, 0.4) is 0 Å². The third kappa shape index (κ3) is 4.30. The molecule has 1 saturated carbocycles. The van der Waals surface area contributed by atoms with Gasteiger partial charge < -0.3 is 0 Å². The van der Waals surface area contributed by atoms with Crippen LogP contribution in [-0.2, 0) is 9.59 Å². The van der Waals surface area contributed by atoms with Crippen molar-refractivity contribution in [1.29, 1.82) is 0 Å². The third-order valence-electron chi connectivity index (χ3n) is 6.19. The summed E-state index contributed by atoms with van der Waals surface area (Å²) >= 11 is 11.8. The average molecular weight is 473 g/mol. The second-order valence-electron chi connectivity index (χ2n) is 8.42. The summed E-state index contributed by atoms with van der Waals surface area (Å²) in [4.78, 5) is 52.8. The molecule has 3 amide bonds. The second kappa shape index (κ2) is 9.04. The lowest BCUT2D eigenvalue weighted by atomic mass is 9.76. The third-order valence-corrected chi connectivity index (χ3v) is 6.69. The molecular formula is C24H22Cl2N2O4. The van der Waals surface area contributed by atoms with Crippen LogP contribution in [0.5, 0.6) is 0 Å². The Bertz CT molecular complexity index is 1070. The standard InChI is InChI=1S/C24H22Cl2N2O4/c1-14-2-11-19-20(12-14)24(32)28(23(19)31)27(22(30)16-5-9-18(26)10-6-16)13-21(29)15-3-7-17(25)8-4-15/h3-10,14,19-20H,2,11-13H2,1H3/t14-,19-,20+/m1/s1. The Morgan fingerprint density at radius 3 is 2.00 bits per heavy atom. The number of hydrogen-bond acceptors (Lipinski definition) is 4. The van der Waals surface area contributed by atoms with Crippen molar-refractivity contribution in [3.8, 4) is 0 Å². The highest BCUT2D eigenvalue weighted by molar-refractivity contribution is 6.31. The molecule has 32 heavy (non-hydrogen) atoms. The lowest BCUT2D eigenvalue weighted by Gasteiger charge is -2.30. The number of rotatable bonds is 5. The maximum Gasteiger partial charge on any atom is 0.273 e. The number of carbonyl (C=O) groups is 4. The van der Waals surface area contributed by atoms with Gasteiger partial charge in [0.15, 0.2) is 5.78 Å². The monoisotopic (exact) mass is 472 g/mol. The Balaban J connectivity index is 1.68. The molecule has 0 unspecified atom stereocenters. The van der Waals surface area contributed by atoms with Crippen LogP contribution in [0.2, 0.25) is 10.0 Å². The second-order valence-corrected chi connectivity index (χ2v) is 9.29. The minimum Gasteiger partial charge on any atom is -0.292 e. The molecule has 3 atom stereocenters. The quantitative estimate of drug-likeness (QED) is 0.468. The van der Waals surface area contributed by atoms with Crippen molar-refractivity contribution in [2.24, 2.45) is 17.8 Å². The number of ketones is 1. The van der Waals surface area contributed by atoms with Gasteiger partial charge in [0, 0.05) is 21.2 Å². The van der Waals surface area contributed by atoms with Crippen molar-refractivity contribution in [3.05, 3.63) is 69.7 Å². The van der Waals surface area contributed by atoms with Crippen LogP contribution in [-0.4, -0.2) is 40.1 Å². The van der Waals surface area contributed by atoms with Gasteiger partial charge in [-0.05, 0) is 73.7 Å². The zero-order chi connectivity index (χ0) is 23.0. The number of hydrogen-bond donors (Lipinski definition) is 0. The van der Waals surface area contributed by atoms with Gasteiger partial charge in [-0.3, -0.25) is 19.2 Å². The van der Waals surface area contributed by atoms with Gasteiger partial charge in [-0.2, -0.15) is 5.01 Å². The minimum atomic E-state index is -0.614. The highest BCUT2D eigenvalue weighted by Gasteiger charge is 2.52. The molecule has 1 heterocycles. The Kier molecular flexibility index (Phi) is 6.35. The van der Waals surface area contributed by atoms with Gasteiger partial charge in [-0.1, -0.05) is 30.1 Å². The fourth-order valence-electron chi connectivity index (χ4n) is 4.45. The summed E-state index contributed by atoms with van der Waals surface area (Å²) in [5.41, 5.74) is 0.551. The van der Waals surface area contributed by atoms with Crippen LogP contribution in [0.4, 0.5) is 0 Å². The largest absolute Gasteiger partial charge is 0.292 e. The zero-order valence-corrected chi connectivity index (χ0v) is 19.0. The summed E-state index contributed by atoms with van der Waals surface area (Å²) < 4.78 is 0. The lowest BCUT2D eigenvalue weighted by molar-refractivity contribution is -0.154. The Morgan fingerprint density at radius 1 is 0.875 bits per heavy atom. The van der Waals surface area contributed by atoms with Gasteiger partial charge in [-0.25, -0.2) is 5.01 Å². The molecule has 4 rings (SSSR count). The molecule has 2 fully saturated rings. The zero-order valence-electron chi connectivity index (χ0n) is 17.5. The van der Waals surface area contributed by atoms with Crippen molar-refractivity contribution < 1.29 is 19.2 Å². The van der Waals surface area contributed by atoms with E-state index in [4.69, 9.17) is 23.2 Å². The summed E-state index contributed by atoms with van der Waals surface area (Å²) in [6, 6.07) is 12.3. The SMILES string of the molecule is C[C@@H]1CC[C@H]2C(=O)N(N(CC(=O)c3ccc(Cl)cc3)C(=O)c3ccc(Cl)cc3)C(=O)[C@H]2C1. The smallest absolute Gasteiger partial charge is 0.273 e. The first-order valence-electron chi connectivity index (χ1n) is 10.5. The van der Waals surface area contributed by atoms with E-state index in [0.29, 0.717) is 34.4 Å². The number of halogens is 2. The molecule has 8 heteroatoms. The van der Waals surface area contributed by atoms with E-state index in [1.54, 1.807) is 36.4 Å². The van der Waals surface area contributed by atoms with Gasteiger partial charge in [0.1, 0.15) is 6.54 Å². The molecule has 1 aliphatic carbocycles. The predicted molar refractivity (Wildman–Crippen MR) is 120 cm³/mol. The van der Waals surface area contributed by atoms with E-state index in [1.807, 2.05) is 0 Å². The molecule has 0 bridgehead atoms. The van der Waals surface area contributed by atoms with Crippen LogP contribution in [0.1, 0.15) is 46.9 Å². The highest BCUT2D eigenvalue weighted by Crippen LogP contribution is 2.41. The molecule has 2 aliphatic rings. The normalized spacial score (nSPS) is 22.6. The van der Waals surface area contributed by atoms with E-state index in [9.17, 15) is 19.2 Å². The Labute approximate surface area is 196 Å². The number of Topliss-reactive ketones (excluding diaryl/α,β-unsaturated/α-hetero) is 1. The molecule has 166 valence electrons. The molecule has 0 radical (unpaired) electrons. The first kappa shape index (κ1) is 22.5. The average Bonchev–Trinajstić information content (AvgIpc) is 3.02. The van der Waals surface area contributed by atoms with Crippen molar-refractivity contribution in [2.75, 3.05) is 6.54 Å². The molecule has 0 aromatic heterocycles. The van der Waals surface area contributed by atoms with Gasteiger partial charge in [0.25, 0.3) is 17.7 Å². The first-order chi connectivity index (χ1) is 15.3. The maximum absolute atomic E-state index is 13.4. The molecule has 0 N–H and O–H groups in total. The fraction of sp³-hybridized carbons (Fsp3) is 0.333. The summed E-state index contributed by atoms with van der Waals surface area (Å²) in [5.74, 6) is -2.45. The van der Waals surface area contributed by atoms with E-state index in [0.717, 1.165) is 16.4 Å². The molecule has 2 aromatic carbocycles. The summed E-state index contributed by atoms with van der Waals surface area (Å²) in [6.45, 7) is 1.60. The van der Waals surface area contributed by atoms with E-state index >= 15 is 0 Å². The summed E-state index contributed by atoms with van der Waals surface area (Å²) in [6.07, 6.45) is 2.05. The van der Waals surface area contributed by atoms with Gasteiger partial charge in [0.05, 0.1) is 11.8 Å². The number of carbonyl (C=O) groups excluding carboxylic acids is 4. The maximum atomic E-state index is 13.4. The Morgan fingerprint density at radius 2 is 1.41 bits per heavy atom. The first-order valence-corrected chi connectivity index (χ1v) is 11.3. The number of hydrazine groups is 1. The number of amides is 3. The van der Waals surface area contributed by atoms with Crippen LogP contribution in [0.25, 0.3) is 0 Å². The summed E-state index contributed by atoms with van der Waals surface area (Å²) in [5, 5.41) is 2.80. The number of imide groups is 1.